The van der Waals surface area contributed by atoms with Crippen LogP contribution in [0.25, 0.3) is 45.8 Å². The lowest BCUT2D eigenvalue weighted by Crippen LogP contribution is -2.10. The Hall–Kier alpha value is -4.04. The van der Waals surface area contributed by atoms with E-state index in [1.807, 2.05) is 60.7 Å². The van der Waals surface area contributed by atoms with Crippen molar-refractivity contribution >= 4 is 15.9 Å². The van der Waals surface area contributed by atoms with Crippen LogP contribution in [0.2, 0.25) is 0 Å². The second-order valence-corrected chi connectivity index (χ2v) is 15.3. The Morgan fingerprint density at radius 3 is 1.86 bits per heavy atom. The van der Waals surface area contributed by atoms with E-state index in [0.29, 0.717) is 30.2 Å². The molecule has 8 heteroatoms. The van der Waals surface area contributed by atoms with Gasteiger partial charge in [0, 0.05) is 27.6 Å². The second-order valence-electron chi connectivity index (χ2n) is 14.5. The minimum Gasteiger partial charge on any atom is -0.494 e. The van der Waals surface area contributed by atoms with E-state index in [0.717, 1.165) is 57.5 Å². The van der Waals surface area contributed by atoms with Gasteiger partial charge in [0.05, 0.1) is 6.61 Å². The van der Waals surface area contributed by atoms with E-state index >= 15 is 0 Å². The molecule has 2 aliphatic carbocycles. The van der Waals surface area contributed by atoms with Gasteiger partial charge in [0.2, 0.25) is 23.6 Å². The van der Waals surface area contributed by atoms with E-state index in [1.165, 1.54) is 50.5 Å². The molecule has 3 atom stereocenters. The van der Waals surface area contributed by atoms with Crippen LogP contribution < -0.4 is 4.74 Å². The molecule has 1 saturated carbocycles. The first-order valence-electron chi connectivity index (χ1n) is 18.2. The fraction of sp³-hybridized carbons (Fsp3) is 0.429. The molecule has 7 rings (SSSR count). The molecule has 0 spiro atoms. The number of hydrogen-bond acceptors (Lipinski definition) is 7. The lowest BCUT2D eigenvalue weighted by atomic mass is 9.87. The van der Waals surface area contributed by atoms with E-state index in [2.05, 4.69) is 88.3 Å². The summed E-state index contributed by atoms with van der Waals surface area (Å²) in [5.41, 5.74) is 4.59. The molecule has 1 fully saturated rings. The van der Waals surface area contributed by atoms with Crippen molar-refractivity contribution in [3.05, 3.63) is 90.5 Å². The summed E-state index contributed by atoms with van der Waals surface area (Å²) in [6, 6.07) is 23.8. The largest absolute Gasteiger partial charge is 0.494 e. The summed E-state index contributed by atoms with van der Waals surface area (Å²) >= 11 is 3.31. The minimum atomic E-state index is 0.0794. The Kier molecular flexibility index (Phi) is 12.0. The van der Waals surface area contributed by atoms with E-state index in [4.69, 9.17) is 13.6 Å². The zero-order valence-corrected chi connectivity index (χ0v) is 31.4. The molecule has 0 radical (unpaired) electrons. The fourth-order valence-corrected chi connectivity index (χ4v) is 7.33. The highest BCUT2D eigenvalue weighted by atomic mass is 79.9. The van der Waals surface area contributed by atoms with Gasteiger partial charge in [0.1, 0.15) is 5.75 Å². The smallest absolute Gasteiger partial charge is 0.248 e. The molecule has 7 nitrogen and oxygen atoms in total. The zero-order valence-electron chi connectivity index (χ0n) is 29.8. The predicted molar refractivity (Wildman–Crippen MR) is 204 cm³/mol. The zero-order chi connectivity index (χ0) is 34.9. The summed E-state index contributed by atoms with van der Waals surface area (Å²) in [4.78, 5) is 0. The van der Waals surface area contributed by atoms with Crippen LogP contribution in [0.4, 0.5) is 0 Å². The van der Waals surface area contributed by atoms with Crippen molar-refractivity contribution in [3.8, 4) is 51.6 Å². The molecule has 262 valence electrons. The SMILES string of the molecule is CC(C)(C)c1ccc(-c2nnc(-c3cccc(-c4nnc(-c5cccc(OCCCCCC6CC7C=CC6C7)c5)o4)c3)o2)cc1.CCCCBr. The molecule has 50 heavy (non-hydrogen) atoms. The fourth-order valence-electron chi connectivity index (χ4n) is 6.77. The van der Waals surface area contributed by atoms with Gasteiger partial charge in [-0.1, -0.05) is 99.3 Å². The van der Waals surface area contributed by atoms with Crippen molar-refractivity contribution in [1.82, 2.24) is 20.4 Å². The Morgan fingerprint density at radius 2 is 1.32 bits per heavy atom. The average molecular weight is 738 g/mol. The first-order chi connectivity index (χ1) is 24.3. The van der Waals surface area contributed by atoms with Gasteiger partial charge < -0.3 is 13.6 Å². The first kappa shape index (κ1) is 35.8. The maximum Gasteiger partial charge on any atom is 0.248 e. The number of rotatable bonds is 13. The summed E-state index contributed by atoms with van der Waals surface area (Å²) in [6.07, 6.45) is 15.2. The molecule has 2 heterocycles. The topological polar surface area (TPSA) is 87.1 Å². The van der Waals surface area contributed by atoms with Gasteiger partial charge in [-0.25, -0.2) is 0 Å². The second kappa shape index (κ2) is 16.8. The van der Waals surface area contributed by atoms with Crippen LogP contribution in [-0.2, 0) is 5.41 Å². The van der Waals surface area contributed by atoms with Crippen LogP contribution in [-0.4, -0.2) is 32.3 Å². The Labute approximate surface area is 305 Å². The van der Waals surface area contributed by atoms with Gasteiger partial charge in [0.25, 0.3) is 0 Å². The number of fused-ring (bicyclic) bond motifs is 2. The normalized spacial score (nSPS) is 17.9. The summed E-state index contributed by atoms with van der Waals surface area (Å²) in [5, 5.41) is 18.4. The molecule has 2 aromatic heterocycles. The number of benzene rings is 3. The van der Waals surface area contributed by atoms with Crippen molar-refractivity contribution in [2.24, 2.45) is 17.8 Å². The molecule has 0 N–H and O–H groups in total. The molecular formula is C42H49BrN4O3. The van der Waals surface area contributed by atoms with Crippen LogP contribution in [0.15, 0.2) is 93.8 Å². The number of ether oxygens (including phenoxy) is 1. The first-order valence-corrected chi connectivity index (χ1v) is 19.3. The third kappa shape index (κ3) is 9.19. The van der Waals surface area contributed by atoms with Crippen LogP contribution in [0, 0.1) is 17.8 Å². The van der Waals surface area contributed by atoms with Crippen LogP contribution in [0.1, 0.15) is 84.6 Å². The number of halogens is 1. The highest BCUT2D eigenvalue weighted by molar-refractivity contribution is 9.09. The molecule has 2 bridgehead atoms. The van der Waals surface area contributed by atoms with Gasteiger partial charge >= 0.3 is 0 Å². The standard InChI is InChI=1S/C38H40N4O3.C4H9Br/c1-38(2,3)32-18-16-26(17-19-32)34-39-40-35(44-34)29-10-7-11-30(23-29)36-41-42-37(45-36)31-12-8-13-33(24-31)43-20-6-4-5-9-27-21-25-14-15-28(27)22-25;1-2-3-4-5/h7-8,10-19,23-25,27-28H,4-6,9,20-22H2,1-3H3;2-4H2,1H3. The van der Waals surface area contributed by atoms with E-state index in [1.54, 1.807) is 0 Å². The van der Waals surface area contributed by atoms with E-state index in [-0.39, 0.29) is 5.41 Å². The molecule has 0 amide bonds. The van der Waals surface area contributed by atoms with Gasteiger partial charge in [-0.2, -0.15) is 0 Å². The van der Waals surface area contributed by atoms with Crippen LogP contribution in [0.3, 0.4) is 0 Å². The minimum absolute atomic E-state index is 0.0794. The summed E-state index contributed by atoms with van der Waals surface area (Å²) in [6.45, 7) is 9.47. The summed E-state index contributed by atoms with van der Waals surface area (Å²) in [7, 11) is 0. The van der Waals surface area contributed by atoms with Crippen molar-refractivity contribution in [3.63, 3.8) is 0 Å². The molecule has 2 aliphatic rings. The lowest BCUT2D eigenvalue weighted by Gasteiger charge is -2.18. The van der Waals surface area contributed by atoms with Crippen LogP contribution in [0.5, 0.6) is 5.75 Å². The van der Waals surface area contributed by atoms with E-state index in [9.17, 15) is 0 Å². The highest BCUT2D eigenvalue weighted by Crippen LogP contribution is 2.45. The summed E-state index contributed by atoms with van der Waals surface area (Å²) < 4.78 is 18.2. The predicted octanol–water partition coefficient (Wildman–Crippen LogP) is 11.8. The molecule has 5 aromatic rings. The Bertz CT molecular complexity index is 1840. The number of hydrogen-bond donors (Lipinski definition) is 0. The van der Waals surface area contributed by atoms with E-state index < -0.39 is 0 Å². The number of allylic oxidation sites excluding steroid dienone is 2. The number of unbranched alkanes of at least 4 members (excludes halogenated alkanes) is 3. The average Bonchev–Trinajstić information content (AvgIpc) is 3.96. The van der Waals surface area contributed by atoms with Gasteiger partial charge in [-0.3, -0.25) is 0 Å². The van der Waals surface area contributed by atoms with Crippen molar-refractivity contribution < 1.29 is 13.6 Å². The Balaban J connectivity index is 0.000000808. The third-order valence-corrected chi connectivity index (χ3v) is 10.2. The highest BCUT2D eigenvalue weighted by Gasteiger charge is 2.34. The van der Waals surface area contributed by atoms with Crippen LogP contribution >= 0.6 is 15.9 Å². The van der Waals surface area contributed by atoms with Crippen molar-refractivity contribution in [2.45, 2.75) is 84.5 Å². The number of alkyl halides is 1. The third-order valence-electron chi connectivity index (χ3n) is 9.68. The van der Waals surface area contributed by atoms with Crippen molar-refractivity contribution in [1.29, 1.82) is 0 Å². The van der Waals surface area contributed by atoms with Gasteiger partial charge in [-0.05, 0) is 109 Å². The maximum absolute atomic E-state index is 6.09. The molecule has 3 unspecified atom stereocenters. The number of aromatic nitrogens is 4. The monoisotopic (exact) mass is 736 g/mol. The molecule has 0 aliphatic heterocycles. The molecule has 0 saturated heterocycles. The molecule has 3 aromatic carbocycles. The Morgan fingerprint density at radius 1 is 0.700 bits per heavy atom. The van der Waals surface area contributed by atoms with Gasteiger partial charge in [-0.15, -0.1) is 20.4 Å². The van der Waals surface area contributed by atoms with Gasteiger partial charge in [0.15, 0.2) is 0 Å². The number of nitrogens with zero attached hydrogens (tertiary/aromatic N) is 4. The maximum atomic E-state index is 6.09. The van der Waals surface area contributed by atoms with Crippen molar-refractivity contribution in [2.75, 3.05) is 11.9 Å². The lowest BCUT2D eigenvalue weighted by molar-refractivity contribution is 0.299. The quantitative estimate of drug-likeness (QED) is 0.0675. The molecular weight excluding hydrogens is 688 g/mol. The summed E-state index contributed by atoms with van der Waals surface area (Å²) in [5.74, 6) is 5.21.